The van der Waals surface area contributed by atoms with Crippen LogP contribution in [0.2, 0.25) is 0 Å². The number of nitrogens with one attached hydrogen (secondary N) is 2. The van der Waals surface area contributed by atoms with Crippen LogP contribution < -0.4 is 15.4 Å². The lowest BCUT2D eigenvalue weighted by Crippen LogP contribution is -2.48. The van der Waals surface area contributed by atoms with E-state index in [2.05, 4.69) is 20.4 Å². The minimum atomic E-state index is -4.80. The number of nitrogens with zero attached hydrogens (tertiary/aromatic N) is 2. The minimum Gasteiger partial charge on any atom is -0.406 e. The summed E-state index contributed by atoms with van der Waals surface area (Å²) in [7, 11) is 0. The normalized spacial score (nSPS) is 16.1. The van der Waals surface area contributed by atoms with Gasteiger partial charge in [0.2, 0.25) is 0 Å². The molecule has 4 aromatic rings. The van der Waals surface area contributed by atoms with Crippen molar-refractivity contribution in [3.8, 4) is 5.75 Å². The molecule has 2 heterocycles. The third-order valence-electron chi connectivity index (χ3n) is 7.85. The van der Waals surface area contributed by atoms with Gasteiger partial charge in [0.25, 0.3) is 11.8 Å². The number of alkyl halides is 3. The predicted molar refractivity (Wildman–Crippen MR) is 166 cm³/mol. The van der Waals surface area contributed by atoms with Gasteiger partial charge in [0.1, 0.15) is 5.75 Å². The number of aliphatic hydroxyl groups excluding tert-OH is 1. The SMILES string of the molecule is O=C(N[C@@H](Cc1ccccc1)[C@H](O)CNCc1cccc(OC(F)(F)F)c1)c1cccc(C(=O)N2CCCC2c2cccnc2)c1. The Morgan fingerprint density at radius 3 is 2.48 bits per heavy atom. The highest BCUT2D eigenvalue weighted by molar-refractivity contribution is 6.00. The van der Waals surface area contributed by atoms with Crippen molar-refractivity contribution >= 4 is 11.8 Å². The summed E-state index contributed by atoms with van der Waals surface area (Å²) in [5.41, 5.74) is 3.06. The Bertz CT molecular complexity index is 1600. The van der Waals surface area contributed by atoms with Crippen LogP contribution in [0.4, 0.5) is 13.2 Å². The molecule has 46 heavy (non-hydrogen) atoms. The molecule has 1 unspecified atom stereocenters. The minimum absolute atomic E-state index is 0.0470. The van der Waals surface area contributed by atoms with E-state index in [9.17, 15) is 27.9 Å². The number of aliphatic hydroxyl groups is 1. The van der Waals surface area contributed by atoms with Crippen molar-refractivity contribution in [1.82, 2.24) is 20.5 Å². The molecule has 2 amide bonds. The number of aromatic nitrogens is 1. The molecule has 0 spiro atoms. The number of rotatable bonds is 12. The Morgan fingerprint density at radius 2 is 1.72 bits per heavy atom. The number of benzene rings is 3. The van der Waals surface area contributed by atoms with Gasteiger partial charge in [-0.2, -0.15) is 0 Å². The molecule has 11 heteroatoms. The topological polar surface area (TPSA) is 104 Å². The summed E-state index contributed by atoms with van der Waals surface area (Å²) in [6.07, 6.45) is -0.359. The monoisotopic (exact) mass is 632 g/mol. The third kappa shape index (κ3) is 8.92. The van der Waals surface area contributed by atoms with Crippen LogP contribution in [0, 0.1) is 0 Å². The number of ether oxygens (including phenoxy) is 1. The standard InChI is InChI=1S/C35H35F3N4O4/c36-35(37,38)46-29-14-4-10-25(18-29)21-40-23-32(43)30(19-24-8-2-1-3-9-24)41-33(44)26-11-5-12-27(20-26)34(45)42-17-7-15-31(42)28-13-6-16-39-22-28/h1-6,8-14,16,18,20,22,30-32,40,43H,7,15,17,19,21,23H2,(H,41,44)/t30-,31?,32+/m0/s1. The van der Waals surface area contributed by atoms with Crippen LogP contribution in [0.3, 0.4) is 0 Å². The highest BCUT2D eigenvalue weighted by Gasteiger charge is 2.32. The molecular formula is C35H35F3N4O4. The van der Waals surface area contributed by atoms with Gasteiger partial charge >= 0.3 is 6.36 Å². The third-order valence-corrected chi connectivity index (χ3v) is 7.85. The largest absolute Gasteiger partial charge is 0.573 e. The van der Waals surface area contributed by atoms with Gasteiger partial charge in [0, 0.05) is 43.2 Å². The molecule has 0 radical (unpaired) electrons. The molecule has 0 aliphatic carbocycles. The molecule has 1 aliphatic rings. The number of pyridine rings is 1. The quantitative estimate of drug-likeness (QED) is 0.192. The van der Waals surface area contributed by atoms with Crippen molar-refractivity contribution in [2.75, 3.05) is 13.1 Å². The second-order valence-electron chi connectivity index (χ2n) is 11.2. The van der Waals surface area contributed by atoms with E-state index in [1.54, 1.807) is 42.7 Å². The molecular weight excluding hydrogens is 597 g/mol. The number of carbonyl (C=O) groups is 2. The molecule has 5 rings (SSSR count). The van der Waals surface area contributed by atoms with Crippen LogP contribution in [0.5, 0.6) is 5.75 Å². The summed E-state index contributed by atoms with van der Waals surface area (Å²) >= 11 is 0. The van der Waals surface area contributed by atoms with E-state index in [1.165, 1.54) is 18.2 Å². The van der Waals surface area contributed by atoms with Crippen LogP contribution in [-0.2, 0) is 13.0 Å². The smallest absolute Gasteiger partial charge is 0.406 e. The fourth-order valence-electron chi connectivity index (χ4n) is 5.65. The highest BCUT2D eigenvalue weighted by Crippen LogP contribution is 2.32. The van der Waals surface area contributed by atoms with Gasteiger partial charge < -0.3 is 25.4 Å². The molecule has 3 atom stereocenters. The summed E-state index contributed by atoms with van der Waals surface area (Å²) in [5.74, 6) is -0.952. The van der Waals surface area contributed by atoms with Crippen LogP contribution in [0.1, 0.15) is 56.3 Å². The van der Waals surface area contributed by atoms with E-state index in [0.717, 1.165) is 24.0 Å². The molecule has 1 saturated heterocycles. The molecule has 240 valence electrons. The van der Waals surface area contributed by atoms with Gasteiger partial charge in [0.15, 0.2) is 0 Å². The molecule has 1 aromatic heterocycles. The predicted octanol–water partition coefficient (Wildman–Crippen LogP) is 5.45. The van der Waals surface area contributed by atoms with E-state index < -0.39 is 24.4 Å². The maximum Gasteiger partial charge on any atom is 0.573 e. The fraction of sp³-hybridized carbons (Fsp3) is 0.286. The fourth-order valence-corrected chi connectivity index (χ4v) is 5.65. The highest BCUT2D eigenvalue weighted by atomic mass is 19.4. The summed E-state index contributed by atoms with van der Waals surface area (Å²) in [6.45, 7) is 0.816. The Kier molecular flexibility index (Phi) is 10.7. The Labute approximate surface area is 265 Å². The second-order valence-corrected chi connectivity index (χ2v) is 11.2. The number of amides is 2. The van der Waals surface area contributed by atoms with E-state index in [1.807, 2.05) is 47.4 Å². The molecule has 1 aliphatic heterocycles. The number of halogens is 3. The molecule has 1 fully saturated rings. The summed E-state index contributed by atoms with van der Waals surface area (Å²) < 4.78 is 41.8. The average molecular weight is 633 g/mol. The lowest BCUT2D eigenvalue weighted by molar-refractivity contribution is -0.274. The zero-order valence-electron chi connectivity index (χ0n) is 25.0. The molecule has 3 aromatic carbocycles. The van der Waals surface area contributed by atoms with Crippen LogP contribution in [0.15, 0.2) is 103 Å². The van der Waals surface area contributed by atoms with Gasteiger partial charge in [-0.05, 0) is 72.4 Å². The Morgan fingerprint density at radius 1 is 0.957 bits per heavy atom. The first-order chi connectivity index (χ1) is 22.2. The first-order valence-corrected chi connectivity index (χ1v) is 15.1. The van der Waals surface area contributed by atoms with Crippen molar-refractivity contribution < 1.29 is 32.6 Å². The van der Waals surface area contributed by atoms with Crippen molar-refractivity contribution in [2.24, 2.45) is 0 Å². The van der Waals surface area contributed by atoms with Crippen molar-refractivity contribution in [3.05, 3.63) is 131 Å². The van der Waals surface area contributed by atoms with Crippen LogP contribution in [0.25, 0.3) is 0 Å². The summed E-state index contributed by atoms with van der Waals surface area (Å²) in [5, 5.41) is 17.1. The Hall–Kier alpha value is -4.74. The molecule has 8 nitrogen and oxygen atoms in total. The summed E-state index contributed by atoms with van der Waals surface area (Å²) in [4.78, 5) is 33.1. The Balaban J connectivity index is 1.25. The molecule has 0 saturated carbocycles. The molecule has 3 N–H and O–H groups in total. The summed E-state index contributed by atoms with van der Waals surface area (Å²) in [6, 6.07) is 24.5. The van der Waals surface area contributed by atoms with Gasteiger partial charge in [-0.15, -0.1) is 13.2 Å². The van der Waals surface area contributed by atoms with Gasteiger partial charge in [-0.1, -0.05) is 54.6 Å². The number of hydrogen-bond acceptors (Lipinski definition) is 6. The molecule has 0 bridgehead atoms. The van der Waals surface area contributed by atoms with E-state index in [-0.39, 0.29) is 36.4 Å². The number of carbonyl (C=O) groups excluding carboxylic acids is 2. The first-order valence-electron chi connectivity index (χ1n) is 15.1. The maximum absolute atomic E-state index is 13.6. The van der Waals surface area contributed by atoms with Crippen LogP contribution >= 0.6 is 0 Å². The number of likely N-dealkylation sites (tertiary alicyclic amines) is 1. The first kappa shape index (κ1) is 32.6. The van der Waals surface area contributed by atoms with E-state index >= 15 is 0 Å². The van der Waals surface area contributed by atoms with Gasteiger partial charge in [0.05, 0.1) is 18.2 Å². The maximum atomic E-state index is 13.6. The van der Waals surface area contributed by atoms with Gasteiger partial charge in [-0.25, -0.2) is 0 Å². The van der Waals surface area contributed by atoms with E-state index in [0.29, 0.717) is 24.1 Å². The zero-order chi connectivity index (χ0) is 32.5. The van der Waals surface area contributed by atoms with Crippen molar-refractivity contribution in [1.29, 1.82) is 0 Å². The van der Waals surface area contributed by atoms with Crippen molar-refractivity contribution in [3.63, 3.8) is 0 Å². The van der Waals surface area contributed by atoms with Crippen LogP contribution in [-0.4, -0.2) is 58.4 Å². The lowest BCUT2D eigenvalue weighted by atomic mass is 10.00. The van der Waals surface area contributed by atoms with Gasteiger partial charge in [-0.3, -0.25) is 14.6 Å². The average Bonchev–Trinajstić information content (AvgIpc) is 3.55. The van der Waals surface area contributed by atoms with E-state index in [4.69, 9.17) is 0 Å². The lowest BCUT2D eigenvalue weighted by Gasteiger charge is -2.26. The number of hydrogen-bond donors (Lipinski definition) is 3. The zero-order valence-corrected chi connectivity index (χ0v) is 25.0. The second kappa shape index (κ2) is 15.0. The van der Waals surface area contributed by atoms with Crippen molar-refractivity contribution in [2.45, 2.75) is 50.4 Å².